The second-order valence-electron chi connectivity index (χ2n) is 4.62. The molecule has 3 heteroatoms. The molecule has 0 bridgehead atoms. The second-order valence-corrected chi connectivity index (χ2v) is 4.62. The Morgan fingerprint density at radius 1 is 1.46 bits per heavy atom. The standard InChI is InChI=1S/C10H23N3/c1-8(11)10(12(2)3)9-5-6-13(4)7-9/h8-10H,5-7,11H2,1-4H3. The zero-order valence-electron chi connectivity index (χ0n) is 9.33. The SMILES string of the molecule is CC(N)C(C1CCN(C)C1)N(C)C. The van der Waals surface area contributed by atoms with Gasteiger partial charge in [-0.25, -0.2) is 0 Å². The largest absolute Gasteiger partial charge is 0.327 e. The maximum Gasteiger partial charge on any atom is 0.0279 e. The first-order valence-electron chi connectivity index (χ1n) is 5.13. The van der Waals surface area contributed by atoms with Gasteiger partial charge in [-0.3, -0.25) is 0 Å². The quantitative estimate of drug-likeness (QED) is 0.682. The first kappa shape index (κ1) is 11.0. The summed E-state index contributed by atoms with van der Waals surface area (Å²) in [5.74, 6) is 0.750. The lowest BCUT2D eigenvalue weighted by atomic mass is 9.93. The van der Waals surface area contributed by atoms with Gasteiger partial charge in [0.2, 0.25) is 0 Å². The van der Waals surface area contributed by atoms with E-state index < -0.39 is 0 Å². The van der Waals surface area contributed by atoms with Crippen LogP contribution in [0.2, 0.25) is 0 Å². The third-order valence-corrected chi connectivity index (χ3v) is 3.05. The molecule has 0 aliphatic carbocycles. The fourth-order valence-corrected chi connectivity index (χ4v) is 2.57. The van der Waals surface area contributed by atoms with Gasteiger partial charge in [0.1, 0.15) is 0 Å². The van der Waals surface area contributed by atoms with Crippen LogP contribution < -0.4 is 5.73 Å². The first-order chi connectivity index (χ1) is 6.02. The summed E-state index contributed by atoms with van der Waals surface area (Å²) in [6, 6.07) is 0.802. The molecule has 0 aromatic carbocycles. The van der Waals surface area contributed by atoms with Crippen LogP contribution in [0.5, 0.6) is 0 Å². The molecule has 13 heavy (non-hydrogen) atoms. The molecule has 0 amide bonds. The smallest absolute Gasteiger partial charge is 0.0279 e. The highest BCUT2D eigenvalue weighted by Gasteiger charge is 2.31. The predicted molar refractivity (Wildman–Crippen MR) is 56.7 cm³/mol. The van der Waals surface area contributed by atoms with Gasteiger partial charge in [0.25, 0.3) is 0 Å². The van der Waals surface area contributed by atoms with Crippen molar-refractivity contribution in [1.29, 1.82) is 0 Å². The normalized spacial score (nSPS) is 29.5. The highest BCUT2D eigenvalue weighted by atomic mass is 15.2. The molecule has 3 unspecified atom stereocenters. The van der Waals surface area contributed by atoms with Crippen molar-refractivity contribution in [3.05, 3.63) is 0 Å². The summed E-state index contributed by atoms with van der Waals surface area (Å²) in [4.78, 5) is 4.66. The van der Waals surface area contributed by atoms with E-state index in [4.69, 9.17) is 5.73 Å². The number of likely N-dealkylation sites (N-methyl/N-ethyl adjacent to an activating group) is 1. The van der Waals surface area contributed by atoms with Gasteiger partial charge in [0, 0.05) is 18.6 Å². The fourth-order valence-electron chi connectivity index (χ4n) is 2.57. The van der Waals surface area contributed by atoms with Gasteiger partial charge in [0.15, 0.2) is 0 Å². The van der Waals surface area contributed by atoms with Crippen LogP contribution in [0.3, 0.4) is 0 Å². The molecule has 0 spiro atoms. The summed E-state index contributed by atoms with van der Waals surface area (Å²) in [7, 11) is 6.45. The van der Waals surface area contributed by atoms with Gasteiger partial charge in [-0.2, -0.15) is 0 Å². The van der Waals surface area contributed by atoms with Crippen LogP contribution in [-0.4, -0.2) is 56.1 Å². The predicted octanol–water partition coefficient (Wildman–Crippen LogP) is 0.216. The van der Waals surface area contributed by atoms with E-state index in [0.717, 1.165) is 5.92 Å². The van der Waals surface area contributed by atoms with Gasteiger partial charge in [0.05, 0.1) is 0 Å². The molecule has 1 heterocycles. The summed E-state index contributed by atoms with van der Waals surface area (Å²) >= 11 is 0. The molecule has 1 aliphatic heterocycles. The molecule has 1 saturated heterocycles. The van der Waals surface area contributed by atoms with Crippen molar-refractivity contribution >= 4 is 0 Å². The van der Waals surface area contributed by atoms with Crippen LogP contribution >= 0.6 is 0 Å². The average Bonchev–Trinajstić information content (AvgIpc) is 2.34. The molecule has 0 radical (unpaired) electrons. The highest BCUT2D eigenvalue weighted by molar-refractivity contribution is 4.88. The van der Waals surface area contributed by atoms with Crippen LogP contribution in [0.4, 0.5) is 0 Å². The molecule has 1 rings (SSSR count). The van der Waals surface area contributed by atoms with Gasteiger partial charge >= 0.3 is 0 Å². The van der Waals surface area contributed by atoms with Crippen molar-refractivity contribution in [3.8, 4) is 0 Å². The molecule has 78 valence electrons. The van der Waals surface area contributed by atoms with Crippen molar-refractivity contribution in [3.63, 3.8) is 0 Å². The summed E-state index contributed by atoms with van der Waals surface area (Å²) in [5, 5.41) is 0. The second kappa shape index (κ2) is 4.40. The molecule has 3 nitrogen and oxygen atoms in total. The zero-order chi connectivity index (χ0) is 10.0. The summed E-state index contributed by atoms with van der Waals surface area (Å²) in [6.07, 6.45) is 1.29. The molecule has 0 aromatic heterocycles. The van der Waals surface area contributed by atoms with Gasteiger partial charge in [-0.05, 0) is 47.0 Å². The van der Waals surface area contributed by atoms with Crippen LogP contribution in [0.15, 0.2) is 0 Å². The van der Waals surface area contributed by atoms with Gasteiger partial charge in [-0.1, -0.05) is 0 Å². The van der Waals surface area contributed by atoms with E-state index in [1.165, 1.54) is 19.5 Å². The molecule has 1 fully saturated rings. The third-order valence-electron chi connectivity index (χ3n) is 3.05. The number of hydrogen-bond donors (Lipinski definition) is 1. The van der Waals surface area contributed by atoms with Crippen LogP contribution in [0.1, 0.15) is 13.3 Å². The van der Waals surface area contributed by atoms with Crippen LogP contribution in [0, 0.1) is 5.92 Å². The van der Waals surface area contributed by atoms with E-state index in [0.29, 0.717) is 6.04 Å². The van der Waals surface area contributed by atoms with E-state index in [9.17, 15) is 0 Å². The Hall–Kier alpha value is -0.120. The topological polar surface area (TPSA) is 32.5 Å². The Labute approximate surface area is 81.9 Å². The van der Waals surface area contributed by atoms with Crippen molar-refractivity contribution in [1.82, 2.24) is 9.80 Å². The monoisotopic (exact) mass is 185 g/mol. The average molecular weight is 185 g/mol. The van der Waals surface area contributed by atoms with Crippen molar-refractivity contribution in [2.24, 2.45) is 11.7 Å². The maximum atomic E-state index is 6.00. The Morgan fingerprint density at radius 2 is 2.08 bits per heavy atom. The Bertz CT molecular complexity index is 148. The Kier molecular flexibility index (Phi) is 3.71. The molecule has 1 aliphatic rings. The maximum absolute atomic E-state index is 6.00. The number of nitrogens with two attached hydrogens (primary N) is 1. The molecule has 3 atom stereocenters. The minimum Gasteiger partial charge on any atom is -0.327 e. The molecular weight excluding hydrogens is 162 g/mol. The van der Waals surface area contributed by atoms with Gasteiger partial charge in [-0.15, -0.1) is 0 Å². The van der Waals surface area contributed by atoms with Gasteiger partial charge < -0.3 is 15.5 Å². The number of likely N-dealkylation sites (tertiary alicyclic amines) is 1. The Morgan fingerprint density at radius 3 is 2.38 bits per heavy atom. The lowest BCUT2D eigenvalue weighted by Crippen LogP contribution is -2.48. The fraction of sp³-hybridized carbons (Fsp3) is 1.00. The molecule has 0 saturated carbocycles. The van der Waals surface area contributed by atoms with Crippen molar-refractivity contribution in [2.45, 2.75) is 25.4 Å². The van der Waals surface area contributed by atoms with Crippen molar-refractivity contribution < 1.29 is 0 Å². The lowest BCUT2D eigenvalue weighted by molar-refractivity contribution is 0.185. The van der Waals surface area contributed by atoms with E-state index in [2.05, 4.69) is 37.9 Å². The summed E-state index contributed by atoms with van der Waals surface area (Å²) in [6.45, 7) is 4.54. The Balaban J connectivity index is 2.55. The minimum atomic E-state index is 0.270. The first-order valence-corrected chi connectivity index (χ1v) is 5.13. The zero-order valence-corrected chi connectivity index (χ0v) is 9.33. The summed E-state index contributed by atoms with van der Waals surface area (Å²) in [5.41, 5.74) is 6.00. The number of rotatable bonds is 3. The van der Waals surface area contributed by atoms with Crippen LogP contribution in [-0.2, 0) is 0 Å². The third kappa shape index (κ3) is 2.66. The molecule has 2 N–H and O–H groups in total. The number of hydrogen-bond acceptors (Lipinski definition) is 3. The highest BCUT2D eigenvalue weighted by Crippen LogP contribution is 2.22. The number of nitrogens with zero attached hydrogens (tertiary/aromatic N) is 2. The molecular formula is C10H23N3. The lowest BCUT2D eigenvalue weighted by Gasteiger charge is -2.32. The summed E-state index contributed by atoms with van der Waals surface area (Å²) < 4.78 is 0. The minimum absolute atomic E-state index is 0.270. The molecule has 0 aromatic rings. The van der Waals surface area contributed by atoms with E-state index >= 15 is 0 Å². The van der Waals surface area contributed by atoms with E-state index in [1.807, 2.05) is 0 Å². The van der Waals surface area contributed by atoms with E-state index in [1.54, 1.807) is 0 Å². The van der Waals surface area contributed by atoms with E-state index in [-0.39, 0.29) is 6.04 Å². The van der Waals surface area contributed by atoms with Crippen molar-refractivity contribution in [2.75, 3.05) is 34.2 Å². The van der Waals surface area contributed by atoms with Crippen LogP contribution in [0.25, 0.3) is 0 Å².